The molecule has 1 aliphatic carbocycles. The number of hydrogen-bond donors (Lipinski definition) is 1. The van der Waals surface area contributed by atoms with Gasteiger partial charge in [0.15, 0.2) is 0 Å². The standard InChI is InChI=1S/C16H29NO3/c1-4-15(2)12-16(10-11-20-15,14(18)19-3)17-13-8-6-5-7-9-13/h13,17H,4-12H2,1-3H3. The Morgan fingerprint density at radius 3 is 2.65 bits per heavy atom. The fourth-order valence-electron chi connectivity index (χ4n) is 3.67. The first-order valence-corrected chi connectivity index (χ1v) is 8.04. The van der Waals surface area contributed by atoms with Crippen LogP contribution in [-0.2, 0) is 14.3 Å². The van der Waals surface area contributed by atoms with Crippen LogP contribution in [0.25, 0.3) is 0 Å². The Morgan fingerprint density at radius 1 is 1.35 bits per heavy atom. The number of rotatable bonds is 4. The monoisotopic (exact) mass is 283 g/mol. The fourth-order valence-corrected chi connectivity index (χ4v) is 3.67. The van der Waals surface area contributed by atoms with Crippen LogP contribution in [0.3, 0.4) is 0 Å². The van der Waals surface area contributed by atoms with Gasteiger partial charge in [-0.1, -0.05) is 26.2 Å². The Labute approximate surface area is 122 Å². The Balaban J connectivity index is 2.14. The molecule has 2 unspecified atom stereocenters. The predicted molar refractivity (Wildman–Crippen MR) is 78.6 cm³/mol. The highest BCUT2D eigenvalue weighted by molar-refractivity contribution is 5.81. The lowest BCUT2D eigenvalue weighted by Gasteiger charge is -2.46. The molecule has 2 aliphatic rings. The molecule has 0 aromatic heterocycles. The van der Waals surface area contributed by atoms with Crippen LogP contribution in [0.15, 0.2) is 0 Å². The van der Waals surface area contributed by atoms with E-state index in [4.69, 9.17) is 9.47 Å². The lowest BCUT2D eigenvalue weighted by Crippen LogP contribution is -2.63. The van der Waals surface area contributed by atoms with Crippen molar-refractivity contribution in [1.82, 2.24) is 5.32 Å². The minimum Gasteiger partial charge on any atom is -0.468 e. The first-order valence-electron chi connectivity index (χ1n) is 8.04. The van der Waals surface area contributed by atoms with Crippen LogP contribution in [-0.4, -0.2) is 36.9 Å². The lowest BCUT2D eigenvalue weighted by atomic mass is 9.78. The van der Waals surface area contributed by atoms with E-state index in [-0.39, 0.29) is 11.6 Å². The van der Waals surface area contributed by atoms with Gasteiger partial charge in [-0.2, -0.15) is 0 Å². The van der Waals surface area contributed by atoms with E-state index in [9.17, 15) is 4.79 Å². The third-order valence-electron chi connectivity index (χ3n) is 5.06. The van der Waals surface area contributed by atoms with Crippen LogP contribution in [0.4, 0.5) is 0 Å². The zero-order valence-corrected chi connectivity index (χ0v) is 13.2. The summed E-state index contributed by atoms with van der Waals surface area (Å²) < 4.78 is 11.0. The van der Waals surface area contributed by atoms with Crippen LogP contribution in [0.2, 0.25) is 0 Å². The zero-order valence-electron chi connectivity index (χ0n) is 13.2. The zero-order chi connectivity index (χ0) is 14.6. The Morgan fingerprint density at radius 2 is 2.05 bits per heavy atom. The molecule has 2 atom stereocenters. The quantitative estimate of drug-likeness (QED) is 0.806. The van der Waals surface area contributed by atoms with Gasteiger partial charge in [-0.3, -0.25) is 10.1 Å². The molecular formula is C16H29NO3. The van der Waals surface area contributed by atoms with Gasteiger partial charge in [0.1, 0.15) is 5.54 Å². The van der Waals surface area contributed by atoms with Gasteiger partial charge in [-0.25, -0.2) is 0 Å². The molecule has 1 saturated carbocycles. The Hall–Kier alpha value is -0.610. The van der Waals surface area contributed by atoms with Crippen molar-refractivity contribution in [1.29, 1.82) is 0 Å². The molecule has 0 aromatic rings. The van der Waals surface area contributed by atoms with Crippen LogP contribution >= 0.6 is 0 Å². The van der Waals surface area contributed by atoms with E-state index in [2.05, 4.69) is 19.2 Å². The largest absolute Gasteiger partial charge is 0.468 e. The molecule has 1 saturated heterocycles. The maximum absolute atomic E-state index is 12.4. The van der Waals surface area contributed by atoms with Crippen molar-refractivity contribution in [3.8, 4) is 0 Å². The highest BCUT2D eigenvalue weighted by atomic mass is 16.5. The summed E-state index contributed by atoms with van der Waals surface area (Å²) in [4.78, 5) is 12.4. The van der Waals surface area contributed by atoms with Gasteiger partial charge in [0, 0.05) is 19.1 Å². The summed E-state index contributed by atoms with van der Waals surface area (Å²) in [7, 11) is 1.49. The molecule has 0 spiro atoms. The summed E-state index contributed by atoms with van der Waals surface area (Å²) in [6, 6.07) is 0.446. The first kappa shape index (κ1) is 15.8. The second-order valence-electron chi connectivity index (χ2n) is 6.63. The van der Waals surface area contributed by atoms with Crippen LogP contribution in [0, 0.1) is 0 Å². The highest BCUT2D eigenvalue weighted by Gasteiger charge is 2.49. The van der Waals surface area contributed by atoms with Gasteiger partial charge >= 0.3 is 5.97 Å². The average Bonchev–Trinajstić information content (AvgIpc) is 2.47. The molecule has 0 aromatic carbocycles. The number of ether oxygens (including phenoxy) is 2. The molecule has 2 fully saturated rings. The fraction of sp³-hybridized carbons (Fsp3) is 0.938. The maximum atomic E-state index is 12.4. The van der Waals surface area contributed by atoms with E-state index < -0.39 is 5.54 Å². The molecule has 116 valence electrons. The number of esters is 1. The molecule has 1 aliphatic heterocycles. The molecule has 1 N–H and O–H groups in total. The SMILES string of the molecule is CCC1(C)CC(NC2CCCCC2)(C(=O)OC)CCO1. The average molecular weight is 283 g/mol. The molecule has 0 bridgehead atoms. The molecule has 4 heteroatoms. The predicted octanol–water partition coefficient (Wildman–Crippen LogP) is 2.80. The molecule has 2 rings (SSSR count). The molecule has 4 nitrogen and oxygen atoms in total. The summed E-state index contributed by atoms with van der Waals surface area (Å²) in [5.74, 6) is -0.119. The molecule has 0 radical (unpaired) electrons. The summed E-state index contributed by atoms with van der Waals surface area (Å²) in [5.41, 5.74) is -0.784. The smallest absolute Gasteiger partial charge is 0.326 e. The van der Waals surface area contributed by atoms with Crippen molar-refractivity contribution in [3.63, 3.8) is 0 Å². The Bertz CT molecular complexity index is 341. The minimum atomic E-state index is -0.556. The number of carbonyl (C=O) groups excluding carboxylic acids is 1. The van der Waals surface area contributed by atoms with Crippen LogP contribution in [0.1, 0.15) is 65.2 Å². The van der Waals surface area contributed by atoms with E-state index in [1.54, 1.807) is 0 Å². The van der Waals surface area contributed by atoms with Crippen molar-refractivity contribution in [3.05, 3.63) is 0 Å². The number of carbonyl (C=O) groups is 1. The second-order valence-corrected chi connectivity index (χ2v) is 6.63. The lowest BCUT2D eigenvalue weighted by molar-refractivity contribution is -0.164. The third-order valence-corrected chi connectivity index (χ3v) is 5.06. The summed E-state index contributed by atoms with van der Waals surface area (Å²) in [6.45, 7) is 4.85. The topological polar surface area (TPSA) is 47.6 Å². The number of hydrogen-bond acceptors (Lipinski definition) is 4. The molecule has 1 heterocycles. The van der Waals surface area contributed by atoms with Crippen LogP contribution < -0.4 is 5.32 Å². The van der Waals surface area contributed by atoms with Crippen LogP contribution in [0.5, 0.6) is 0 Å². The summed E-state index contributed by atoms with van der Waals surface area (Å²) in [6.07, 6.45) is 8.51. The molecule has 20 heavy (non-hydrogen) atoms. The van der Waals surface area contributed by atoms with E-state index in [0.29, 0.717) is 25.5 Å². The molecule has 0 amide bonds. The normalized spacial score (nSPS) is 35.8. The van der Waals surface area contributed by atoms with Crippen molar-refractivity contribution in [2.45, 2.75) is 82.4 Å². The van der Waals surface area contributed by atoms with Gasteiger partial charge in [-0.05, 0) is 32.6 Å². The van der Waals surface area contributed by atoms with Gasteiger partial charge in [0.2, 0.25) is 0 Å². The van der Waals surface area contributed by atoms with E-state index in [1.807, 2.05) is 0 Å². The number of methoxy groups -OCH3 is 1. The van der Waals surface area contributed by atoms with Crippen molar-refractivity contribution in [2.24, 2.45) is 0 Å². The first-order chi connectivity index (χ1) is 9.53. The Kier molecular flexibility index (Phi) is 5.08. The number of nitrogens with one attached hydrogen (secondary N) is 1. The van der Waals surface area contributed by atoms with Crippen molar-refractivity contribution >= 4 is 5.97 Å². The van der Waals surface area contributed by atoms with Gasteiger partial charge in [0.25, 0.3) is 0 Å². The summed E-state index contributed by atoms with van der Waals surface area (Å²) >= 11 is 0. The van der Waals surface area contributed by atoms with Crippen molar-refractivity contribution < 1.29 is 14.3 Å². The molecular weight excluding hydrogens is 254 g/mol. The van der Waals surface area contributed by atoms with Gasteiger partial charge < -0.3 is 9.47 Å². The minimum absolute atomic E-state index is 0.119. The van der Waals surface area contributed by atoms with E-state index in [0.717, 1.165) is 6.42 Å². The highest BCUT2D eigenvalue weighted by Crippen LogP contribution is 2.36. The van der Waals surface area contributed by atoms with E-state index in [1.165, 1.54) is 39.2 Å². The second kappa shape index (κ2) is 6.44. The summed E-state index contributed by atoms with van der Waals surface area (Å²) in [5, 5.41) is 3.66. The third kappa shape index (κ3) is 3.34. The van der Waals surface area contributed by atoms with Gasteiger partial charge in [0.05, 0.1) is 12.7 Å². The van der Waals surface area contributed by atoms with E-state index >= 15 is 0 Å². The van der Waals surface area contributed by atoms with Gasteiger partial charge in [-0.15, -0.1) is 0 Å². The van der Waals surface area contributed by atoms with Crippen molar-refractivity contribution in [2.75, 3.05) is 13.7 Å². The maximum Gasteiger partial charge on any atom is 0.326 e.